The van der Waals surface area contributed by atoms with Crippen LogP contribution in [0, 0.1) is 25.2 Å². The zero-order valence-electron chi connectivity index (χ0n) is 23.5. The topological polar surface area (TPSA) is 110 Å². The monoisotopic (exact) mass is 588 g/mol. The number of aryl methyl sites for hydroxylation is 2. The van der Waals surface area contributed by atoms with Crippen LogP contribution in [0.25, 0.3) is 0 Å². The van der Waals surface area contributed by atoms with Gasteiger partial charge in [0.2, 0.25) is 5.91 Å². The first-order chi connectivity index (χ1) is 19.6. The number of aromatic nitrogens is 1. The van der Waals surface area contributed by atoms with Crippen LogP contribution >= 0.6 is 23.1 Å². The van der Waals surface area contributed by atoms with Crippen LogP contribution < -0.4 is 5.32 Å². The van der Waals surface area contributed by atoms with Crippen molar-refractivity contribution in [3.63, 3.8) is 0 Å². The first kappa shape index (κ1) is 30.0. The van der Waals surface area contributed by atoms with Crippen molar-refractivity contribution in [1.82, 2.24) is 19.7 Å². The van der Waals surface area contributed by atoms with Crippen LogP contribution in [-0.2, 0) is 11.3 Å². The van der Waals surface area contributed by atoms with Gasteiger partial charge in [0.1, 0.15) is 6.04 Å². The number of benzene rings is 2. The quantitative estimate of drug-likeness (QED) is 0.384. The molecule has 0 radical (unpaired) electrons. The number of nitrogens with zero attached hydrogens (tertiary/aromatic N) is 5. The second kappa shape index (κ2) is 13.1. The molecule has 0 saturated carbocycles. The van der Waals surface area contributed by atoms with Crippen LogP contribution in [-0.4, -0.2) is 77.2 Å². The maximum Gasteiger partial charge on any atom is 0.257 e. The van der Waals surface area contributed by atoms with Gasteiger partial charge in [0.15, 0.2) is 5.13 Å². The summed E-state index contributed by atoms with van der Waals surface area (Å²) in [5.74, 6) is -0.711. The van der Waals surface area contributed by atoms with E-state index in [1.807, 2.05) is 63.2 Å². The van der Waals surface area contributed by atoms with Crippen molar-refractivity contribution < 1.29 is 14.4 Å². The first-order valence-electron chi connectivity index (χ1n) is 13.0. The Morgan fingerprint density at radius 3 is 2.71 bits per heavy atom. The van der Waals surface area contributed by atoms with Crippen LogP contribution in [0.4, 0.5) is 5.13 Å². The summed E-state index contributed by atoms with van der Waals surface area (Å²) < 4.78 is 0.869. The molecule has 41 heavy (non-hydrogen) atoms. The predicted octanol–water partition coefficient (Wildman–Crippen LogP) is 4.59. The Labute approximate surface area is 248 Å². The van der Waals surface area contributed by atoms with Crippen molar-refractivity contribution in [1.29, 1.82) is 5.26 Å². The number of amides is 3. The van der Waals surface area contributed by atoms with Gasteiger partial charge in [0, 0.05) is 35.7 Å². The van der Waals surface area contributed by atoms with Gasteiger partial charge in [0.05, 0.1) is 23.0 Å². The van der Waals surface area contributed by atoms with Gasteiger partial charge < -0.3 is 14.7 Å². The standard InChI is InChI=1S/C30H32N6O3S2/c1-6-26(37)36-11-10-35(18-23(36)15-31)29(39)24-14-25(20(3)12-19(24)2)40-27-16-32-30(41-27)33-28(38)22-9-7-8-21(13-22)17-34(4)5/h6-9,12-14,16,23H,1,10-11,17-18H2,2-5H3,(H,32,33,38)/t23-/m1/s1. The molecule has 1 saturated heterocycles. The zero-order valence-corrected chi connectivity index (χ0v) is 25.1. The van der Waals surface area contributed by atoms with Crippen molar-refractivity contribution in [2.45, 2.75) is 35.5 Å². The molecule has 3 amide bonds. The molecule has 4 rings (SSSR count). The Hall–Kier alpha value is -3.98. The molecule has 2 aromatic carbocycles. The summed E-state index contributed by atoms with van der Waals surface area (Å²) in [6, 6.07) is 12.8. The van der Waals surface area contributed by atoms with Gasteiger partial charge in [0.25, 0.3) is 11.8 Å². The molecule has 2 heterocycles. The van der Waals surface area contributed by atoms with E-state index >= 15 is 0 Å². The molecule has 3 aromatic rings. The van der Waals surface area contributed by atoms with Crippen molar-refractivity contribution >= 4 is 46.0 Å². The number of piperazine rings is 1. The Morgan fingerprint density at radius 1 is 1.22 bits per heavy atom. The molecule has 11 heteroatoms. The molecule has 1 aliphatic heterocycles. The van der Waals surface area contributed by atoms with E-state index in [9.17, 15) is 19.6 Å². The van der Waals surface area contributed by atoms with Crippen molar-refractivity contribution in [3.05, 3.63) is 83.1 Å². The van der Waals surface area contributed by atoms with Gasteiger partial charge >= 0.3 is 0 Å². The number of hydrogen-bond donors (Lipinski definition) is 1. The predicted molar refractivity (Wildman–Crippen MR) is 161 cm³/mol. The van der Waals surface area contributed by atoms with Crippen LogP contribution in [0.15, 0.2) is 64.4 Å². The highest BCUT2D eigenvalue weighted by Crippen LogP contribution is 2.37. The van der Waals surface area contributed by atoms with Crippen molar-refractivity contribution in [3.8, 4) is 6.07 Å². The minimum absolute atomic E-state index is 0.140. The van der Waals surface area contributed by atoms with E-state index in [0.29, 0.717) is 22.8 Å². The fourth-order valence-electron chi connectivity index (χ4n) is 4.62. The van der Waals surface area contributed by atoms with Gasteiger partial charge in [-0.05, 0) is 68.9 Å². The van der Waals surface area contributed by atoms with Gasteiger partial charge in [-0.25, -0.2) is 4.98 Å². The first-order valence-corrected chi connectivity index (χ1v) is 14.6. The summed E-state index contributed by atoms with van der Waals surface area (Å²) >= 11 is 2.84. The number of anilines is 1. The second-order valence-electron chi connectivity index (χ2n) is 10.0. The molecule has 9 nitrogen and oxygen atoms in total. The zero-order chi connectivity index (χ0) is 29.7. The Bertz CT molecular complexity index is 1530. The molecular formula is C30H32N6O3S2. The molecule has 1 N–H and O–H groups in total. The molecule has 0 spiro atoms. The lowest BCUT2D eigenvalue weighted by molar-refractivity contribution is -0.129. The summed E-state index contributed by atoms with van der Waals surface area (Å²) in [5.41, 5.74) is 4.02. The van der Waals surface area contributed by atoms with E-state index in [4.69, 9.17) is 0 Å². The summed E-state index contributed by atoms with van der Waals surface area (Å²) in [4.78, 5) is 48.9. The largest absolute Gasteiger partial charge is 0.334 e. The smallest absolute Gasteiger partial charge is 0.257 e. The average Bonchev–Trinajstić information content (AvgIpc) is 3.39. The molecular weight excluding hydrogens is 557 g/mol. The Kier molecular flexibility index (Phi) is 9.60. The minimum Gasteiger partial charge on any atom is -0.334 e. The van der Waals surface area contributed by atoms with Crippen LogP contribution in [0.5, 0.6) is 0 Å². The average molecular weight is 589 g/mol. The molecule has 212 valence electrons. The SMILES string of the molecule is C=CC(=O)N1CCN(C(=O)c2cc(Sc3cnc(NC(=O)c4cccc(CN(C)C)c4)s3)c(C)cc2C)C[C@H]1C#N. The maximum absolute atomic E-state index is 13.5. The molecule has 0 unspecified atom stereocenters. The third-order valence-electron chi connectivity index (χ3n) is 6.63. The van der Waals surface area contributed by atoms with Gasteiger partial charge in [-0.1, -0.05) is 47.9 Å². The van der Waals surface area contributed by atoms with E-state index in [-0.39, 0.29) is 30.8 Å². The second-order valence-corrected chi connectivity index (χ2v) is 12.4. The van der Waals surface area contributed by atoms with Crippen LogP contribution in [0.2, 0.25) is 0 Å². The van der Waals surface area contributed by atoms with E-state index in [0.717, 1.165) is 32.3 Å². The van der Waals surface area contributed by atoms with E-state index in [2.05, 4.69) is 22.9 Å². The number of nitrogens with one attached hydrogen (secondary N) is 1. The third-order valence-corrected chi connectivity index (χ3v) is 8.80. The highest BCUT2D eigenvalue weighted by Gasteiger charge is 2.32. The van der Waals surface area contributed by atoms with E-state index < -0.39 is 6.04 Å². The Balaban J connectivity index is 1.46. The fraction of sp³-hybridized carbons (Fsp3) is 0.300. The number of hydrogen-bond acceptors (Lipinski definition) is 8. The maximum atomic E-state index is 13.5. The molecule has 0 bridgehead atoms. The summed E-state index contributed by atoms with van der Waals surface area (Å²) in [5, 5.41) is 13.0. The van der Waals surface area contributed by atoms with E-state index in [1.165, 1.54) is 34.1 Å². The van der Waals surface area contributed by atoms with E-state index in [1.54, 1.807) is 17.2 Å². The summed E-state index contributed by atoms with van der Waals surface area (Å²) in [6.07, 6.45) is 2.90. The molecule has 1 atom stereocenters. The molecule has 1 aromatic heterocycles. The van der Waals surface area contributed by atoms with Crippen molar-refractivity contribution in [2.75, 3.05) is 39.0 Å². The number of nitriles is 1. The lowest BCUT2D eigenvalue weighted by Gasteiger charge is -2.38. The molecule has 1 aliphatic rings. The lowest BCUT2D eigenvalue weighted by atomic mass is 10.0. The normalized spacial score (nSPS) is 15.0. The van der Waals surface area contributed by atoms with Gasteiger partial charge in [-0.2, -0.15) is 5.26 Å². The minimum atomic E-state index is -0.723. The van der Waals surface area contributed by atoms with Crippen LogP contribution in [0.3, 0.4) is 0 Å². The highest BCUT2D eigenvalue weighted by molar-refractivity contribution is 8.01. The molecule has 1 fully saturated rings. The number of rotatable bonds is 8. The Morgan fingerprint density at radius 2 is 2.00 bits per heavy atom. The summed E-state index contributed by atoms with van der Waals surface area (Å²) in [6.45, 7) is 8.87. The van der Waals surface area contributed by atoms with Crippen molar-refractivity contribution in [2.24, 2.45) is 0 Å². The fourth-order valence-corrected chi connectivity index (χ4v) is 6.56. The summed E-state index contributed by atoms with van der Waals surface area (Å²) in [7, 11) is 3.96. The lowest BCUT2D eigenvalue weighted by Crippen LogP contribution is -2.55. The van der Waals surface area contributed by atoms with Crippen LogP contribution in [0.1, 0.15) is 37.4 Å². The van der Waals surface area contributed by atoms with Gasteiger partial charge in [-0.15, -0.1) is 0 Å². The number of carbonyl (C=O) groups excluding carboxylic acids is 3. The highest BCUT2D eigenvalue weighted by atomic mass is 32.2. The number of thiazole rings is 1. The third kappa shape index (κ3) is 7.21. The molecule has 0 aliphatic carbocycles. The van der Waals surface area contributed by atoms with Gasteiger partial charge in [-0.3, -0.25) is 19.7 Å². The number of carbonyl (C=O) groups is 3.